The Bertz CT molecular complexity index is 120. The molecule has 96 valence electrons. The molecule has 0 aromatic carbocycles. The lowest BCUT2D eigenvalue weighted by molar-refractivity contribution is 0.303. The molecule has 0 aromatic heterocycles. The van der Waals surface area contributed by atoms with E-state index in [1.54, 1.807) is 0 Å². The fourth-order valence-corrected chi connectivity index (χ4v) is 4.80. The third-order valence-electron chi connectivity index (χ3n) is 3.11. The molecule has 0 fully saturated rings. The summed E-state index contributed by atoms with van der Waals surface area (Å²) < 4.78 is 6.13. The van der Waals surface area contributed by atoms with Gasteiger partial charge >= 0.3 is 14.5 Å². The van der Waals surface area contributed by atoms with Gasteiger partial charge in [0.15, 0.2) is 0 Å². The summed E-state index contributed by atoms with van der Waals surface area (Å²) in [7, 11) is 0. The Morgan fingerprint density at radius 3 is 1.75 bits per heavy atom. The molecule has 0 bridgehead atoms. The first-order valence-corrected chi connectivity index (χ1v) is 9.57. The van der Waals surface area contributed by atoms with E-state index in [1.807, 2.05) is 0 Å². The quantitative estimate of drug-likeness (QED) is 0.338. The summed E-state index contributed by atoms with van der Waals surface area (Å²) >= 11 is -0.821. The predicted molar refractivity (Wildman–Crippen MR) is 75.3 cm³/mol. The van der Waals surface area contributed by atoms with E-state index in [9.17, 15) is 0 Å². The monoisotopic (exact) mass is 242 g/mol. The van der Waals surface area contributed by atoms with E-state index in [4.69, 9.17) is 3.79 Å². The van der Waals surface area contributed by atoms with Crippen molar-refractivity contribution in [1.29, 1.82) is 0 Å². The SMILES string of the molecule is CCCCCC[O][Al]([CH2]CCC)[CH2]CCC. The lowest BCUT2D eigenvalue weighted by Crippen LogP contribution is -2.18. The molecule has 0 aliphatic heterocycles. The van der Waals surface area contributed by atoms with Crippen LogP contribution in [0.2, 0.25) is 10.6 Å². The summed E-state index contributed by atoms with van der Waals surface area (Å²) in [6, 6.07) is 0. The van der Waals surface area contributed by atoms with Crippen LogP contribution in [-0.2, 0) is 3.79 Å². The maximum absolute atomic E-state index is 6.13. The lowest BCUT2D eigenvalue weighted by atomic mass is 10.2. The van der Waals surface area contributed by atoms with Gasteiger partial charge in [0.05, 0.1) is 0 Å². The van der Waals surface area contributed by atoms with Crippen LogP contribution in [0.25, 0.3) is 0 Å². The first-order valence-electron chi connectivity index (χ1n) is 7.46. The molecule has 0 saturated carbocycles. The van der Waals surface area contributed by atoms with Gasteiger partial charge in [-0.25, -0.2) is 0 Å². The van der Waals surface area contributed by atoms with Crippen molar-refractivity contribution < 1.29 is 3.79 Å². The van der Waals surface area contributed by atoms with Crippen molar-refractivity contribution in [3.8, 4) is 0 Å². The molecule has 0 spiro atoms. The molecule has 2 heteroatoms. The van der Waals surface area contributed by atoms with E-state index >= 15 is 0 Å². The highest BCUT2D eigenvalue weighted by molar-refractivity contribution is 6.51. The first-order chi connectivity index (χ1) is 7.85. The highest BCUT2D eigenvalue weighted by Crippen LogP contribution is 2.12. The molecule has 0 rings (SSSR count). The molecule has 0 amide bonds. The van der Waals surface area contributed by atoms with E-state index in [2.05, 4.69) is 20.8 Å². The van der Waals surface area contributed by atoms with Gasteiger partial charge in [0.25, 0.3) is 0 Å². The lowest BCUT2D eigenvalue weighted by Gasteiger charge is -2.12. The zero-order valence-corrected chi connectivity index (χ0v) is 12.9. The Hall–Kier alpha value is 0.492. The molecule has 0 heterocycles. The fourth-order valence-electron chi connectivity index (χ4n) is 1.95. The van der Waals surface area contributed by atoms with Crippen LogP contribution in [0.1, 0.15) is 72.1 Å². The Balaban J connectivity index is 3.48. The van der Waals surface area contributed by atoms with Crippen LogP contribution in [0.4, 0.5) is 0 Å². The third-order valence-corrected chi connectivity index (χ3v) is 5.92. The number of unbranched alkanes of at least 4 members (excludes halogenated alkanes) is 5. The highest BCUT2D eigenvalue weighted by atomic mass is 27.2. The third kappa shape index (κ3) is 11.0. The van der Waals surface area contributed by atoms with Crippen molar-refractivity contribution in [2.45, 2.75) is 82.7 Å². The Kier molecular flexibility index (Phi) is 14.0. The van der Waals surface area contributed by atoms with Crippen LogP contribution in [0, 0.1) is 0 Å². The minimum atomic E-state index is -0.821. The summed E-state index contributed by atoms with van der Waals surface area (Å²) in [6.07, 6.45) is 10.8. The molecule has 0 saturated heterocycles. The molecule has 0 atom stereocenters. The van der Waals surface area contributed by atoms with Crippen LogP contribution in [0.5, 0.6) is 0 Å². The number of hydrogen-bond acceptors (Lipinski definition) is 1. The van der Waals surface area contributed by atoms with Crippen LogP contribution < -0.4 is 0 Å². The Morgan fingerprint density at radius 2 is 1.25 bits per heavy atom. The maximum Gasteiger partial charge on any atom is 0.460 e. The zero-order valence-electron chi connectivity index (χ0n) is 11.8. The van der Waals surface area contributed by atoms with Crippen molar-refractivity contribution in [1.82, 2.24) is 0 Å². The van der Waals surface area contributed by atoms with E-state index < -0.39 is 14.5 Å². The van der Waals surface area contributed by atoms with Crippen molar-refractivity contribution >= 4 is 14.5 Å². The minimum absolute atomic E-state index is 0.821. The highest BCUT2D eigenvalue weighted by Gasteiger charge is 2.18. The van der Waals surface area contributed by atoms with Crippen molar-refractivity contribution in [3.63, 3.8) is 0 Å². The van der Waals surface area contributed by atoms with Crippen LogP contribution in [0.15, 0.2) is 0 Å². The summed E-state index contributed by atoms with van der Waals surface area (Å²) in [5, 5.41) is 2.81. The Morgan fingerprint density at radius 1 is 0.688 bits per heavy atom. The second kappa shape index (κ2) is 13.6. The minimum Gasteiger partial charge on any atom is -0.501 e. The second-order valence-corrected chi connectivity index (χ2v) is 7.57. The molecule has 1 nitrogen and oxygen atoms in total. The number of rotatable bonds is 12. The predicted octanol–water partition coefficient (Wildman–Crippen LogP) is 5.18. The summed E-state index contributed by atoms with van der Waals surface area (Å²) in [5.74, 6) is 0. The largest absolute Gasteiger partial charge is 0.501 e. The zero-order chi connectivity index (χ0) is 12.1. The van der Waals surface area contributed by atoms with E-state index in [0.29, 0.717) is 0 Å². The van der Waals surface area contributed by atoms with Crippen molar-refractivity contribution in [3.05, 3.63) is 0 Å². The fraction of sp³-hybridized carbons (Fsp3) is 1.00. The van der Waals surface area contributed by atoms with Crippen LogP contribution in [0.3, 0.4) is 0 Å². The molecule has 0 aliphatic carbocycles. The summed E-state index contributed by atoms with van der Waals surface area (Å²) in [5.41, 5.74) is 0. The normalized spacial score (nSPS) is 10.7. The van der Waals surface area contributed by atoms with Gasteiger partial charge in [-0.05, 0) is 6.42 Å². The molecule has 0 radical (unpaired) electrons. The first kappa shape index (κ1) is 16.5. The average Bonchev–Trinajstić information content (AvgIpc) is 2.31. The van der Waals surface area contributed by atoms with Gasteiger partial charge in [-0.2, -0.15) is 0 Å². The van der Waals surface area contributed by atoms with Crippen molar-refractivity contribution in [2.24, 2.45) is 0 Å². The van der Waals surface area contributed by atoms with Gasteiger partial charge in [-0.3, -0.25) is 0 Å². The molecule has 0 unspecified atom stereocenters. The maximum atomic E-state index is 6.13. The molecule has 0 N–H and O–H groups in total. The van der Waals surface area contributed by atoms with Crippen LogP contribution >= 0.6 is 0 Å². The van der Waals surface area contributed by atoms with E-state index in [1.165, 1.54) is 61.9 Å². The van der Waals surface area contributed by atoms with Gasteiger partial charge < -0.3 is 3.79 Å². The second-order valence-electron chi connectivity index (χ2n) is 4.84. The van der Waals surface area contributed by atoms with Crippen molar-refractivity contribution in [2.75, 3.05) is 6.61 Å². The molecule has 0 aromatic rings. The Labute approximate surface area is 108 Å². The van der Waals surface area contributed by atoms with Gasteiger partial charge in [-0.1, -0.05) is 76.3 Å². The smallest absolute Gasteiger partial charge is 0.460 e. The van der Waals surface area contributed by atoms with Gasteiger partial charge in [0.1, 0.15) is 0 Å². The van der Waals surface area contributed by atoms with Crippen LogP contribution in [-0.4, -0.2) is 21.1 Å². The van der Waals surface area contributed by atoms with E-state index in [0.717, 1.165) is 6.61 Å². The molecule has 16 heavy (non-hydrogen) atoms. The number of hydrogen-bond donors (Lipinski definition) is 0. The van der Waals surface area contributed by atoms with Gasteiger partial charge in [0, 0.05) is 6.61 Å². The molecular formula is C14H31AlO. The average molecular weight is 242 g/mol. The van der Waals surface area contributed by atoms with Gasteiger partial charge in [-0.15, -0.1) is 0 Å². The standard InChI is InChI=1S/C6H13O.2C4H9.Al/c1-2-3-4-5-6-7;2*1-3-4-2;/h2-6H2,1H3;2*1,3-4H2,2H3;/q-1;;;+1. The molecule has 0 aliphatic rings. The summed E-state index contributed by atoms with van der Waals surface area (Å²) in [6.45, 7) is 7.88. The summed E-state index contributed by atoms with van der Waals surface area (Å²) in [4.78, 5) is 0. The van der Waals surface area contributed by atoms with E-state index in [-0.39, 0.29) is 0 Å². The molecular weight excluding hydrogens is 211 g/mol. The topological polar surface area (TPSA) is 9.23 Å². The van der Waals surface area contributed by atoms with Gasteiger partial charge in [0.2, 0.25) is 0 Å².